The highest BCUT2D eigenvalue weighted by Gasteiger charge is 2.07. The Morgan fingerprint density at radius 3 is 2.55 bits per heavy atom. The summed E-state index contributed by atoms with van der Waals surface area (Å²) in [6.07, 6.45) is 2.91. The van der Waals surface area contributed by atoms with Crippen molar-refractivity contribution in [2.75, 3.05) is 5.32 Å². The third-order valence-electron chi connectivity index (χ3n) is 2.30. The van der Waals surface area contributed by atoms with E-state index in [4.69, 9.17) is 0 Å². The Morgan fingerprint density at radius 1 is 1.25 bits per heavy atom. The first-order valence-electron chi connectivity index (χ1n) is 5.53. The summed E-state index contributed by atoms with van der Waals surface area (Å²) in [7, 11) is 0. The third kappa shape index (κ3) is 4.14. The molecule has 0 unspecified atom stereocenters. The normalized spacial score (nSPS) is 10.7. The molecule has 102 valence electrons. The van der Waals surface area contributed by atoms with Crippen LogP contribution in [0.2, 0.25) is 0 Å². The second kappa shape index (κ2) is 6.62. The van der Waals surface area contributed by atoms with Gasteiger partial charge in [0, 0.05) is 26.3 Å². The monoisotopic (exact) mass is 400 g/mol. The molecule has 2 aromatic rings. The molecular weight excluding hydrogens is 391 g/mol. The van der Waals surface area contributed by atoms with Gasteiger partial charge in [-0.05, 0) is 59.0 Å². The first-order valence-corrected chi connectivity index (χ1v) is 7.43. The fraction of sp³-hybridized carbons (Fsp3) is 0. The highest BCUT2D eigenvalue weighted by atomic mass is 127. The number of nitrogens with one attached hydrogen (secondary N) is 1. The molecule has 1 N–H and O–H groups in total. The van der Waals surface area contributed by atoms with Crippen LogP contribution in [0.5, 0.6) is 0 Å². The molecule has 0 spiro atoms. The van der Waals surface area contributed by atoms with E-state index in [0.717, 1.165) is 14.9 Å². The predicted molar refractivity (Wildman–Crippen MR) is 87.8 cm³/mol. The Bertz CT molecular complexity index is 665. The SMILES string of the molecule is O=C(C=Cc1ccc([N+](=O)[O-])s1)Nc1ccc(I)cc1. The van der Waals surface area contributed by atoms with E-state index in [1.54, 1.807) is 12.1 Å². The van der Waals surface area contributed by atoms with Crippen LogP contribution in [-0.2, 0) is 4.79 Å². The second-order valence-corrected chi connectivity index (χ2v) is 6.10. The fourth-order valence-corrected chi connectivity index (χ4v) is 2.49. The maximum atomic E-state index is 11.7. The Morgan fingerprint density at radius 2 is 1.95 bits per heavy atom. The van der Waals surface area contributed by atoms with Gasteiger partial charge in [-0.3, -0.25) is 14.9 Å². The van der Waals surface area contributed by atoms with Crippen LogP contribution in [0, 0.1) is 13.7 Å². The fourth-order valence-electron chi connectivity index (χ4n) is 1.40. The van der Waals surface area contributed by atoms with E-state index >= 15 is 0 Å². The predicted octanol–water partition coefficient (Wildman–Crippen LogP) is 3.91. The number of nitro groups is 1. The number of rotatable bonds is 4. The van der Waals surface area contributed by atoms with Crippen molar-refractivity contribution in [3.63, 3.8) is 0 Å². The quantitative estimate of drug-likeness (QED) is 0.366. The molecule has 0 aliphatic rings. The number of amides is 1. The Labute approximate surface area is 132 Å². The molecular formula is C13H9IN2O3S. The van der Waals surface area contributed by atoms with E-state index in [0.29, 0.717) is 10.6 Å². The lowest BCUT2D eigenvalue weighted by molar-refractivity contribution is -0.380. The van der Waals surface area contributed by atoms with E-state index in [-0.39, 0.29) is 10.9 Å². The summed E-state index contributed by atoms with van der Waals surface area (Å²) in [5.41, 5.74) is 0.706. The number of nitrogens with zero attached hydrogens (tertiary/aromatic N) is 1. The van der Waals surface area contributed by atoms with Gasteiger partial charge in [-0.2, -0.15) is 0 Å². The zero-order chi connectivity index (χ0) is 14.5. The second-order valence-electron chi connectivity index (χ2n) is 3.76. The van der Waals surface area contributed by atoms with Crippen molar-refractivity contribution in [1.82, 2.24) is 0 Å². The summed E-state index contributed by atoms with van der Waals surface area (Å²) in [5.74, 6) is -0.276. The molecule has 0 aliphatic carbocycles. The summed E-state index contributed by atoms with van der Waals surface area (Å²) in [6.45, 7) is 0. The average molecular weight is 400 g/mol. The minimum absolute atomic E-state index is 0.0580. The minimum atomic E-state index is -0.451. The highest BCUT2D eigenvalue weighted by Crippen LogP contribution is 2.24. The van der Waals surface area contributed by atoms with Crippen LogP contribution in [-0.4, -0.2) is 10.8 Å². The zero-order valence-electron chi connectivity index (χ0n) is 10.1. The standard InChI is InChI=1S/C13H9IN2O3S/c14-9-1-3-10(4-2-9)15-12(17)7-5-11-6-8-13(20-11)16(18)19/h1-8H,(H,15,17). The van der Waals surface area contributed by atoms with Gasteiger partial charge in [0.05, 0.1) is 4.92 Å². The average Bonchev–Trinajstić information content (AvgIpc) is 2.88. The van der Waals surface area contributed by atoms with Crippen LogP contribution in [0.15, 0.2) is 42.5 Å². The van der Waals surface area contributed by atoms with Gasteiger partial charge in [0.2, 0.25) is 5.91 Å². The lowest BCUT2D eigenvalue weighted by Crippen LogP contribution is -2.07. The molecule has 0 saturated carbocycles. The number of carbonyl (C=O) groups excluding carboxylic acids is 1. The van der Waals surface area contributed by atoms with Crippen molar-refractivity contribution in [2.45, 2.75) is 0 Å². The van der Waals surface area contributed by atoms with E-state index in [1.165, 1.54) is 12.1 Å². The lowest BCUT2D eigenvalue weighted by Gasteiger charge is -2.01. The van der Waals surface area contributed by atoms with Crippen molar-refractivity contribution in [3.05, 3.63) is 61.0 Å². The number of anilines is 1. The molecule has 1 aromatic heterocycles. The third-order valence-corrected chi connectivity index (χ3v) is 4.02. The molecule has 0 aliphatic heterocycles. The van der Waals surface area contributed by atoms with Gasteiger partial charge in [0.25, 0.3) is 0 Å². The summed E-state index contributed by atoms with van der Waals surface area (Å²) in [4.78, 5) is 22.4. The summed E-state index contributed by atoms with van der Waals surface area (Å²) in [6, 6.07) is 10.4. The van der Waals surface area contributed by atoms with Crippen LogP contribution < -0.4 is 5.32 Å². The number of halogens is 1. The zero-order valence-corrected chi connectivity index (χ0v) is 13.1. The van der Waals surface area contributed by atoms with Crippen LogP contribution in [0.4, 0.5) is 10.7 Å². The van der Waals surface area contributed by atoms with Crippen molar-refractivity contribution < 1.29 is 9.72 Å². The van der Waals surface area contributed by atoms with Gasteiger partial charge in [0.15, 0.2) is 0 Å². The van der Waals surface area contributed by atoms with Gasteiger partial charge >= 0.3 is 5.00 Å². The van der Waals surface area contributed by atoms with E-state index in [2.05, 4.69) is 27.9 Å². The molecule has 20 heavy (non-hydrogen) atoms. The molecule has 1 heterocycles. The van der Waals surface area contributed by atoms with E-state index < -0.39 is 4.92 Å². The number of hydrogen-bond acceptors (Lipinski definition) is 4. The molecule has 2 rings (SSSR count). The van der Waals surface area contributed by atoms with Crippen molar-refractivity contribution >= 4 is 56.6 Å². The van der Waals surface area contributed by atoms with E-state index in [1.807, 2.05) is 24.3 Å². The number of benzene rings is 1. The Kier molecular flexibility index (Phi) is 4.85. The van der Waals surface area contributed by atoms with Crippen LogP contribution in [0.1, 0.15) is 4.88 Å². The first-order chi connectivity index (χ1) is 9.54. The molecule has 7 heteroatoms. The highest BCUT2D eigenvalue weighted by molar-refractivity contribution is 14.1. The molecule has 0 fully saturated rings. The first kappa shape index (κ1) is 14.7. The maximum Gasteiger partial charge on any atom is 0.324 e. The van der Waals surface area contributed by atoms with Crippen molar-refractivity contribution in [2.24, 2.45) is 0 Å². The number of thiophene rings is 1. The van der Waals surface area contributed by atoms with Gasteiger partial charge in [-0.15, -0.1) is 0 Å². The van der Waals surface area contributed by atoms with Crippen LogP contribution in [0.25, 0.3) is 6.08 Å². The lowest BCUT2D eigenvalue weighted by atomic mass is 10.3. The molecule has 0 saturated heterocycles. The van der Waals surface area contributed by atoms with E-state index in [9.17, 15) is 14.9 Å². The number of hydrogen-bond donors (Lipinski definition) is 1. The molecule has 5 nitrogen and oxygen atoms in total. The molecule has 1 aromatic carbocycles. The smallest absolute Gasteiger partial charge is 0.323 e. The Balaban J connectivity index is 1.98. The van der Waals surface area contributed by atoms with Gasteiger partial charge in [-0.1, -0.05) is 11.3 Å². The van der Waals surface area contributed by atoms with Crippen molar-refractivity contribution in [3.8, 4) is 0 Å². The number of carbonyl (C=O) groups is 1. The molecule has 0 radical (unpaired) electrons. The largest absolute Gasteiger partial charge is 0.324 e. The van der Waals surface area contributed by atoms with Crippen LogP contribution in [0.3, 0.4) is 0 Å². The molecule has 0 atom stereocenters. The summed E-state index contributed by atoms with van der Waals surface area (Å²) >= 11 is 3.21. The van der Waals surface area contributed by atoms with Crippen molar-refractivity contribution in [1.29, 1.82) is 0 Å². The Hall–Kier alpha value is -1.74. The minimum Gasteiger partial charge on any atom is -0.323 e. The molecule has 1 amide bonds. The topological polar surface area (TPSA) is 72.2 Å². The molecule has 0 bridgehead atoms. The van der Waals surface area contributed by atoms with Gasteiger partial charge in [0.1, 0.15) is 0 Å². The van der Waals surface area contributed by atoms with Gasteiger partial charge < -0.3 is 5.32 Å². The summed E-state index contributed by atoms with van der Waals surface area (Å²) in [5, 5.41) is 13.3. The summed E-state index contributed by atoms with van der Waals surface area (Å²) < 4.78 is 1.09. The maximum absolute atomic E-state index is 11.7. The van der Waals surface area contributed by atoms with Crippen LogP contribution >= 0.6 is 33.9 Å². The van der Waals surface area contributed by atoms with Gasteiger partial charge in [-0.25, -0.2) is 0 Å².